The van der Waals surface area contributed by atoms with Crippen molar-refractivity contribution >= 4 is 43.7 Å². The third-order valence-electron chi connectivity index (χ3n) is 9.34. The lowest BCUT2D eigenvalue weighted by molar-refractivity contribution is 1.13. The predicted octanol–water partition coefficient (Wildman–Crippen LogP) is 10.6. The van der Waals surface area contributed by atoms with Crippen molar-refractivity contribution in [2.24, 2.45) is 0 Å². The zero-order valence-corrected chi connectivity index (χ0v) is 25.6. The average molecular weight is 591 g/mol. The summed E-state index contributed by atoms with van der Waals surface area (Å²) in [7, 11) is 0. The van der Waals surface area contributed by atoms with Gasteiger partial charge in [0, 0.05) is 46.1 Å². The molecule has 0 radical (unpaired) electrons. The Morgan fingerprint density at radius 3 is 1.76 bits per heavy atom. The van der Waals surface area contributed by atoms with E-state index in [4.69, 9.17) is 4.98 Å². The molecule has 0 aliphatic carbocycles. The standard InChI is InChI=1S/C42H30N4/c1-27-9-3-5-13-33(27)29-16-18-38-35(23-29)37-26-43-22-20-40(37)45(38)31-11-7-12-32(25-31)46-39-19-17-30(34-14-6-4-10-28(34)2)24-36(39)42-41(46)15-8-21-44-42/h3-26H,1-2H3. The monoisotopic (exact) mass is 590 g/mol. The van der Waals surface area contributed by atoms with Crippen LogP contribution in [0.3, 0.4) is 0 Å². The number of aromatic nitrogens is 4. The SMILES string of the molecule is Cc1ccccc1-c1ccc2c(c1)c1cnccc1n2-c1cccc(-n2c3ccc(-c4ccccc4C)cc3c3ncccc32)c1. The molecule has 4 nitrogen and oxygen atoms in total. The van der Waals surface area contributed by atoms with Gasteiger partial charge in [0.15, 0.2) is 0 Å². The van der Waals surface area contributed by atoms with Crippen molar-refractivity contribution in [2.75, 3.05) is 0 Å². The Bertz CT molecular complexity index is 2440. The molecule has 4 aromatic heterocycles. The zero-order chi connectivity index (χ0) is 30.8. The average Bonchev–Trinajstić information content (AvgIpc) is 3.61. The Morgan fingerprint density at radius 1 is 0.457 bits per heavy atom. The second kappa shape index (κ2) is 10.3. The van der Waals surface area contributed by atoms with Crippen LogP contribution in [0.4, 0.5) is 0 Å². The number of benzene rings is 5. The van der Waals surface area contributed by atoms with Crippen molar-refractivity contribution in [3.63, 3.8) is 0 Å². The van der Waals surface area contributed by atoms with Gasteiger partial charge in [0.2, 0.25) is 0 Å². The Hall–Kier alpha value is -6.00. The van der Waals surface area contributed by atoms with Gasteiger partial charge in [-0.3, -0.25) is 9.97 Å². The molecule has 9 aromatic rings. The highest BCUT2D eigenvalue weighted by molar-refractivity contribution is 6.11. The van der Waals surface area contributed by atoms with Gasteiger partial charge in [0.05, 0.1) is 27.6 Å². The minimum absolute atomic E-state index is 1.00. The Kier molecular flexibility index (Phi) is 5.90. The normalized spacial score (nSPS) is 11.7. The molecule has 218 valence electrons. The Labute approximate surface area is 266 Å². The summed E-state index contributed by atoms with van der Waals surface area (Å²) in [6, 6.07) is 45.8. The summed E-state index contributed by atoms with van der Waals surface area (Å²) in [5, 5.41) is 3.48. The molecule has 0 bridgehead atoms. The first kappa shape index (κ1) is 26.4. The van der Waals surface area contributed by atoms with Crippen molar-refractivity contribution in [3.8, 4) is 33.6 Å². The van der Waals surface area contributed by atoms with Crippen LogP contribution in [-0.4, -0.2) is 19.1 Å². The van der Waals surface area contributed by atoms with E-state index in [1.807, 2.05) is 24.7 Å². The van der Waals surface area contributed by atoms with Gasteiger partial charge in [-0.2, -0.15) is 0 Å². The molecule has 9 rings (SSSR count). The number of pyridine rings is 2. The van der Waals surface area contributed by atoms with E-state index in [0.29, 0.717) is 0 Å². The van der Waals surface area contributed by atoms with Gasteiger partial charge >= 0.3 is 0 Å². The number of aryl methyl sites for hydroxylation is 2. The second-order valence-electron chi connectivity index (χ2n) is 12.0. The van der Waals surface area contributed by atoms with E-state index in [-0.39, 0.29) is 0 Å². The molecule has 0 aliphatic heterocycles. The van der Waals surface area contributed by atoms with Gasteiger partial charge in [0.1, 0.15) is 0 Å². The first-order valence-electron chi connectivity index (χ1n) is 15.7. The van der Waals surface area contributed by atoms with Crippen molar-refractivity contribution < 1.29 is 0 Å². The molecule has 5 aromatic carbocycles. The topological polar surface area (TPSA) is 35.6 Å². The fraction of sp³-hybridized carbons (Fsp3) is 0.0476. The molecule has 0 atom stereocenters. The molecule has 46 heavy (non-hydrogen) atoms. The van der Waals surface area contributed by atoms with Crippen LogP contribution in [0.25, 0.3) is 77.4 Å². The first-order chi connectivity index (χ1) is 22.7. The van der Waals surface area contributed by atoms with Gasteiger partial charge in [-0.05, 0) is 108 Å². The summed E-state index contributed by atoms with van der Waals surface area (Å²) in [4.78, 5) is 9.40. The van der Waals surface area contributed by atoms with E-state index in [0.717, 1.165) is 49.7 Å². The summed E-state index contributed by atoms with van der Waals surface area (Å²) in [6.45, 7) is 4.34. The summed E-state index contributed by atoms with van der Waals surface area (Å²) in [6.07, 6.45) is 5.76. The van der Waals surface area contributed by atoms with Crippen molar-refractivity contribution in [2.45, 2.75) is 13.8 Å². The summed E-state index contributed by atoms with van der Waals surface area (Å²) in [5.41, 5.74) is 15.2. The van der Waals surface area contributed by atoms with Crippen LogP contribution in [-0.2, 0) is 0 Å². The maximum atomic E-state index is 4.87. The minimum Gasteiger partial charge on any atom is -0.309 e. The van der Waals surface area contributed by atoms with E-state index >= 15 is 0 Å². The van der Waals surface area contributed by atoms with E-state index in [2.05, 4.69) is 149 Å². The molecule has 0 unspecified atom stereocenters. The fourth-order valence-corrected chi connectivity index (χ4v) is 7.16. The quantitative estimate of drug-likeness (QED) is 0.204. The lowest BCUT2D eigenvalue weighted by atomic mass is 9.99. The molecule has 0 spiro atoms. The van der Waals surface area contributed by atoms with Crippen LogP contribution in [0.15, 0.2) is 146 Å². The number of hydrogen-bond acceptors (Lipinski definition) is 2. The number of rotatable bonds is 4. The fourth-order valence-electron chi connectivity index (χ4n) is 7.16. The smallest absolute Gasteiger partial charge is 0.0963 e. The summed E-state index contributed by atoms with van der Waals surface area (Å²) >= 11 is 0. The highest BCUT2D eigenvalue weighted by Crippen LogP contribution is 2.38. The zero-order valence-electron chi connectivity index (χ0n) is 25.6. The molecule has 0 fully saturated rings. The van der Waals surface area contributed by atoms with Crippen LogP contribution in [0.5, 0.6) is 0 Å². The van der Waals surface area contributed by atoms with Crippen LogP contribution in [0.2, 0.25) is 0 Å². The lowest BCUT2D eigenvalue weighted by Gasteiger charge is -2.13. The highest BCUT2D eigenvalue weighted by Gasteiger charge is 2.17. The second-order valence-corrected chi connectivity index (χ2v) is 12.0. The molecule has 4 heteroatoms. The molecular formula is C42H30N4. The lowest BCUT2D eigenvalue weighted by Crippen LogP contribution is -1.98. The Morgan fingerprint density at radius 2 is 1.07 bits per heavy atom. The minimum atomic E-state index is 1.00. The molecular weight excluding hydrogens is 560 g/mol. The van der Waals surface area contributed by atoms with Crippen LogP contribution in [0, 0.1) is 13.8 Å². The number of nitrogens with zero attached hydrogens (tertiary/aromatic N) is 4. The van der Waals surface area contributed by atoms with Crippen molar-refractivity contribution in [1.82, 2.24) is 19.1 Å². The van der Waals surface area contributed by atoms with Crippen LogP contribution in [0.1, 0.15) is 11.1 Å². The van der Waals surface area contributed by atoms with Crippen molar-refractivity contribution in [3.05, 3.63) is 157 Å². The summed E-state index contributed by atoms with van der Waals surface area (Å²) in [5.74, 6) is 0. The number of fused-ring (bicyclic) bond motifs is 6. The molecule has 0 amide bonds. The Balaban J connectivity index is 1.25. The summed E-state index contributed by atoms with van der Waals surface area (Å²) < 4.78 is 4.70. The van der Waals surface area contributed by atoms with E-state index in [9.17, 15) is 0 Å². The third-order valence-corrected chi connectivity index (χ3v) is 9.34. The number of hydrogen-bond donors (Lipinski definition) is 0. The van der Waals surface area contributed by atoms with Gasteiger partial charge in [-0.25, -0.2) is 0 Å². The van der Waals surface area contributed by atoms with Gasteiger partial charge < -0.3 is 9.13 Å². The first-order valence-corrected chi connectivity index (χ1v) is 15.7. The van der Waals surface area contributed by atoms with E-state index in [1.165, 1.54) is 38.8 Å². The maximum Gasteiger partial charge on any atom is 0.0963 e. The molecule has 0 N–H and O–H groups in total. The maximum absolute atomic E-state index is 4.87. The predicted molar refractivity (Wildman–Crippen MR) is 191 cm³/mol. The van der Waals surface area contributed by atoms with E-state index in [1.54, 1.807) is 0 Å². The largest absolute Gasteiger partial charge is 0.309 e. The van der Waals surface area contributed by atoms with Crippen molar-refractivity contribution in [1.29, 1.82) is 0 Å². The van der Waals surface area contributed by atoms with Gasteiger partial charge in [0.25, 0.3) is 0 Å². The van der Waals surface area contributed by atoms with Gasteiger partial charge in [-0.1, -0.05) is 66.7 Å². The molecule has 0 aliphatic rings. The third kappa shape index (κ3) is 4.00. The molecule has 4 heterocycles. The van der Waals surface area contributed by atoms with Crippen LogP contribution >= 0.6 is 0 Å². The van der Waals surface area contributed by atoms with Crippen LogP contribution < -0.4 is 0 Å². The van der Waals surface area contributed by atoms with Gasteiger partial charge in [-0.15, -0.1) is 0 Å². The molecule has 0 saturated carbocycles. The van der Waals surface area contributed by atoms with E-state index < -0.39 is 0 Å². The highest BCUT2D eigenvalue weighted by atomic mass is 15.0. The molecule has 0 saturated heterocycles.